The van der Waals surface area contributed by atoms with E-state index in [4.69, 9.17) is 4.74 Å². The van der Waals surface area contributed by atoms with Gasteiger partial charge in [-0.05, 0) is 61.4 Å². The molecule has 0 atom stereocenters. The predicted octanol–water partition coefficient (Wildman–Crippen LogP) is 3.68. The van der Waals surface area contributed by atoms with Gasteiger partial charge in [0.2, 0.25) is 11.8 Å². The number of nitrogens with one attached hydrogen (secondary N) is 2. The third kappa shape index (κ3) is 6.07. The molecule has 0 radical (unpaired) electrons. The molecule has 2 aromatic rings. The summed E-state index contributed by atoms with van der Waals surface area (Å²) in [5.41, 5.74) is 1.72. The Bertz CT molecular complexity index is 878. The predicted molar refractivity (Wildman–Crippen MR) is 116 cm³/mol. The van der Waals surface area contributed by atoms with Gasteiger partial charge < -0.3 is 20.3 Å². The molecule has 0 aliphatic carbocycles. The van der Waals surface area contributed by atoms with Gasteiger partial charge in [0.25, 0.3) is 5.91 Å². The van der Waals surface area contributed by atoms with Crippen LogP contribution in [0, 0.1) is 0 Å². The number of benzene rings is 2. The number of hydrogen-bond acceptors (Lipinski definition) is 4. The average Bonchev–Trinajstić information content (AvgIpc) is 2.74. The van der Waals surface area contributed by atoms with Crippen LogP contribution in [-0.2, 0) is 9.59 Å². The molecule has 0 bridgehead atoms. The van der Waals surface area contributed by atoms with Gasteiger partial charge in [-0.2, -0.15) is 0 Å². The molecule has 1 fully saturated rings. The lowest BCUT2D eigenvalue weighted by Crippen LogP contribution is -2.39. The molecule has 2 aromatic carbocycles. The molecule has 1 aliphatic rings. The smallest absolute Gasteiger partial charge is 0.255 e. The molecule has 30 heavy (non-hydrogen) atoms. The van der Waals surface area contributed by atoms with E-state index in [2.05, 4.69) is 10.6 Å². The van der Waals surface area contributed by atoms with E-state index in [0.29, 0.717) is 35.7 Å². The first-order valence-corrected chi connectivity index (χ1v) is 10.2. The van der Waals surface area contributed by atoms with E-state index in [1.54, 1.807) is 60.5 Å². The molecule has 0 saturated carbocycles. The summed E-state index contributed by atoms with van der Waals surface area (Å²) in [4.78, 5) is 38.5. The van der Waals surface area contributed by atoms with Crippen molar-refractivity contribution < 1.29 is 19.1 Å². The van der Waals surface area contributed by atoms with Crippen LogP contribution in [0.5, 0.6) is 5.75 Å². The number of methoxy groups -OCH3 is 1. The molecule has 158 valence electrons. The summed E-state index contributed by atoms with van der Waals surface area (Å²) in [6.07, 6.45) is 4.48. The van der Waals surface area contributed by atoms with E-state index in [-0.39, 0.29) is 24.3 Å². The molecule has 0 aromatic heterocycles. The lowest BCUT2D eigenvalue weighted by atomic mass is 10.1. The molecule has 2 N–H and O–H groups in total. The van der Waals surface area contributed by atoms with Crippen molar-refractivity contribution in [2.45, 2.75) is 32.1 Å². The van der Waals surface area contributed by atoms with Crippen molar-refractivity contribution in [2.75, 3.05) is 30.8 Å². The topological polar surface area (TPSA) is 87.7 Å². The first kappa shape index (κ1) is 21.4. The molecule has 3 amide bonds. The minimum absolute atomic E-state index is 0.0374. The van der Waals surface area contributed by atoms with Gasteiger partial charge in [0.05, 0.1) is 13.7 Å². The summed E-state index contributed by atoms with van der Waals surface area (Å²) in [6, 6.07) is 13.7. The lowest BCUT2D eigenvalue weighted by Gasteiger charge is -2.24. The Morgan fingerprint density at radius 1 is 0.900 bits per heavy atom. The van der Waals surface area contributed by atoms with Gasteiger partial charge in [0, 0.05) is 29.9 Å². The fourth-order valence-electron chi connectivity index (χ4n) is 3.34. The third-order valence-electron chi connectivity index (χ3n) is 5.03. The summed E-state index contributed by atoms with van der Waals surface area (Å²) in [5.74, 6) is 0.268. The number of amides is 3. The second-order valence-electron chi connectivity index (χ2n) is 7.29. The second kappa shape index (κ2) is 10.4. The molecule has 0 spiro atoms. The third-order valence-corrected chi connectivity index (χ3v) is 5.03. The van der Waals surface area contributed by atoms with Gasteiger partial charge in [-0.25, -0.2) is 0 Å². The van der Waals surface area contributed by atoms with Crippen molar-refractivity contribution in [1.82, 2.24) is 4.90 Å². The van der Waals surface area contributed by atoms with Gasteiger partial charge in [0.1, 0.15) is 5.75 Å². The highest BCUT2D eigenvalue weighted by Gasteiger charge is 2.18. The van der Waals surface area contributed by atoms with Crippen LogP contribution < -0.4 is 15.4 Å². The number of likely N-dealkylation sites (tertiary alicyclic amines) is 1. The molecule has 7 nitrogen and oxygen atoms in total. The van der Waals surface area contributed by atoms with Crippen molar-refractivity contribution in [2.24, 2.45) is 0 Å². The van der Waals surface area contributed by atoms with Crippen LogP contribution in [0.25, 0.3) is 0 Å². The van der Waals surface area contributed by atoms with Crippen LogP contribution in [0.15, 0.2) is 48.5 Å². The van der Waals surface area contributed by atoms with Crippen LogP contribution in [0.3, 0.4) is 0 Å². The van der Waals surface area contributed by atoms with Crippen LogP contribution in [-0.4, -0.2) is 42.8 Å². The summed E-state index contributed by atoms with van der Waals surface area (Å²) < 4.78 is 5.10. The van der Waals surface area contributed by atoms with Gasteiger partial charge in [0.15, 0.2) is 0 Å². The van der Waals surface area contributed by atoms with E-state index in [9.17, 15) is 14.4 Å². The van der Waals surface area contributed by atoms with Crippen LogP contribution in [0.2, 0.25) is 0 Å². The maximum Gasteiger partial charge on any atom is 0.255 e. The minimum atomic E-state index is -0.246. The summed E-state index contributed by atoms with van der Waals surface area (Å²) in [5, 5.41) is 5.61. The highest BCUT2D eigenvalue weighted by molar-refractivity contribution is 6.04. The second-order valence-corrected chi connectivity index (χ2v) is 7.29. The van der Waals surface area contributed by atoms with Crippen LogP contribution in [0.1, 0.15) is 42.5 Å². The van der Waals surface area contributed by atoms with Crippen molar-refractivity contribution in [3.8, 4) is 5.75 Å². The normalized spacial score (nSPS) is 14.4. The fourth-order valence-corrected chi connectivity index (χ4v) is 3.34. The molecule has 7 heteroatoms. The SMILES string of the molecule is COc1ccc(NC(=O)c2ccc(NC(=O)CN3CCCCCCC3=O)cc2)cc1. The zero-order chi connectivity index (χ0) is 21.3. The van der Waals surface area contributed by atoms with E-state index >= 15 is 0 Å². The quantitative estimate of drug-likeness (QED) is 0.762. The van der Waals surface area contributed by atoms with Gasteiger partial charge in [-0.3, -0.25) is 14.4 Å². The monoisotopic (exact) mass is 409 g/mol. The fraction of sp³-hybridized carbons (Fsp3) is 0.348. The summed E-state index contributed by atoms with van der Waals surface area (Å²) in [6.45, 7) is 0.676. The van der Waals surface area contributed by atoms with E-state index in [1.165, 1.54) is 0 Å². The number of ether oxygens (including phenoxy) is 1. The molecule has 1 heterocycles. The maximum absolute atomic E-state index is 12.4. The van der Waals surface area contributed by atoms with Crippen molar-refractivity contribution >= 4 is 29.1 Å². The summed E-state index contributed by atoms with van der Waals surface area (Å²) in [7, 11) is 1.58. The number of carbonyl (C=O) groups excluding carboxylic acids is 3. The Labute approximate surface area is 176 Å². The molecule has 1 aliphatic heterocycles. The molecule has 1 saturated heterocycles. The largest absolute Gasteiger partial charge is 0.497 e. The van der Waals surface area contributed by atoms with E-state index in [1.807, 2.05) is 0 Å². The first-order valence-electron chi connectivity index (χ1n) is 10.2. The highest BCUT2D eigenvalue weighted by atomic mass is 16.5. The Morgan fingerprint density at radius 3 is 2.23 bits per heavy atom. The molecule has 3 rings (SSSR count). The number of anilines is 2. The average molecular weight is 409 g/mol. The summed E-state index contributed by atoms with van der Waals surface area (Å²) >= 11 is 0. The Balaban J connectivity index is 1.53. The van der Waals surface area contributed by atoms with Gasteiger partial charge in [-0.15, -0.1) is 0 Å². The van der Waals surface area contributed by atoms with Crippen molar-refractivity contribution in [1.29, 1.82) is 0 Å². The molecular weight excluding hydrogens is 382 g/mol. The van der Waals surface area contributed by atoms with Crippen molar-refractivity contribution in [3.05, 3.63) is 54.1 Å². The zero-order valence-corrected chi connectivity index (χ0v) is 17.1. The van der Waals surface area contributed by atoms with Gasteiger partial charge >= 0.3 is 0 Å². The van der Waals surface area contributed by atoms with Crippen molar-refractivity contribution in [3.63, 3.8) is 0 Å². The number of hydrogen-bond donors (Lipinski definition) is 2. The number of nitrogens with zero attached hydrogens (tertiary/aromatic N) is 1. The van der Waals surface area contributed by atoms with E-state index in [0.717, 1.165) is 25.7 Å². The number of rotatable bonds is 6. The first-order chi connectivity index (χ1) is 14.5. The van der Waals surface area contributed by atoms with Crippen LogP contribution in [0.4, 0.5) is 11.4 Å². The molecule has 0 unspecified atom stereocenters. The highest BCUT2D eigenvalue weighted by Crippen LogP contribution is 2.17. The number of carbonyl (C=O) groups is 3. The minimum Gasteiger partial charge on any atom is -0.497 e. The molecular formula is C23H27N3O4. The standard InChI is InChI=1S/C23H27N3O4/c1-30-20-13-11-19(12-14-20)25-23(29)17-7-9-18(10-8-17)24-21(27)16-26-15-5-3-2-4-6-22(26)28/h7-14H,2-6,15-16H2,1H3,(H,24,27)(H,25,29). The Kier molecular flexibility index (Phi) is 7.43. The zero-order valence-electron chi connectivity index (χ0n) is 17.1. The Morgan fingerprint density at radius 2 is 1.53 bits per heavy atom. The van der Waals surface area contributed by atoms with Gasteiger partial charge in [-0.1, -0.05) is 12.8 Å². The Hall–Kier alpha value is -3.35. The maximum atomic E-state index is 12.4. The van der Waals surface area contributed by atoms with Crippen LogP contribution >= 0.6 is 0 Å². The van der Waals surface area contributed by atoms with E-state index < -0.39 is 0 Å². The lowest BCUT2D eigenvalue weighted by molar-refractivity contribution is -0.135.